The van der Waals surface area contributed by atoms with E-state index in [0.29, 0.717) is 24.4 Å². The molecule has 1 unspecified atom stereocenters. The lowest BCUT2D eigenvalue weighted by Crippen LogP contribution is -2.35. The molecule has 2 rings (SSSR count). The Morgan fingerprint density at radius 2 is 2.00 bits per heavy atom. The molecular formula is C16H21NO3. The predicted molar refractivity (Wildman–Crippen MR) is 76.9 cm³/mol. The summed E-state index contributed by atoms with van der Waals surface area (Å²) in [7, 11) is 1.59. The minimum Gasteiger partial charge on any atom is -0.497 e. The Hall–Kier alpha value is -1.84. The monoisotopic (exact) mass is 275 g/mol. The molecule has 0 N–H and O–H groups in total. The summed E-state index contributed by atoms with van der Waals surface area (Å²) in [4.78, 5) is 25.9. The Morgan fingerprint density at radius 1 is 1.30 bits per heavy atom. The van der Waals surface area contributed by atoms with Gasteiger partial charge in [-0.25, -0.2) is 0 Å². The SMILES string of the molecule is COc1ccc(C(=O)CN2CCC(C)CCC2=O)cc1. The number of likely N-dealkylation sites (tertiary alicyclic amines) is 1. The maximum atomic E-state index is 12.2. The minimum atomic E-state index is -0.0180. The fourth-order valence-corrected chi connectivity index (χ4v) is 2.38. The van der Waals surface area contributed by atoms with Crippen LogP contribution in [0.1, 0.15) is 36.5 Å². The Bertz CT molecular complexity index is 481. The van der Waals surface area contributed by atoms with Crippen molar-refractivity contribution in [2.75, 3.05) is 20.2 Å². The molecule has 0 saturated carbocycles. The number of benzene rings is 1. The molecule has 0 aliphatic carbocycles. The summed E-state index contributed by atoms with van der Waals surface area (Å²) in [5, 5.41) is 0. The highest BCUT2D eigenvalue weighted by atomic mass is 16.5. The molecule has 4 nitrogen and oxygen atoms in total. The third kappa shape index (κ3) is 3.59. The second-order valence-electron chi connectivity index (χ2n) is 5.40. The molecule has 4 heteroatoms. The van der Waals surface area contributed by atoms with Crippen molar-refractivity contribution >= 4 is 11.7 Å². The van der Waals surface area contributed by atoms with Crippen LogP contribution in [0.2, 0.25) is 0 Å². The van der Waals surface area contributed by atoms with Gasteiger partial charge in [-0.1, -0.05) is 6.92 Å². The van der Waals surface area contributed by atoms with E-state index >= 15 is 0 Å². The van der Waals surface area contributed by atoms with Crippen LogP contribution in [0.4, 0.5) is 0 Å². The molecule has 20 heavy (non-hydrogen) atoms. The van der Waals surface area contributed by atoms with Crippen LogP contribution in [-0.4, -0.2) is 36.8 Å². The standard InChI is InChI=1S/C16H21NO3/c1-12-3-8-16(19)17(10-9-12)11-15(18)13-4-6-14(20-2)7-5-13/h4-7,12H,3,8-11H2,1-2H3. The fourth-order valence-electron chi connectivity index (χ4n) is 2.38. The molecule has 0 bridgehead atoms. The van der Waals surface area contributed by atoms with E-state index < -0.39 is 0 Å². The van der Waals surface area contributed by atoms with Crippen LogP contribution in [0.25, 0.3) is 0 Å². The van der Waals surface area contributed by atoms with Crippen LogP contribution in [0.5, 0.6) is 5.75 Å². The van der Waals surface area contributed by atoms with Gasteiger partial charge in [-0.3, -0.25) is 9.59 Å². The van der Waals surface area contributed by atoms with E-state index in [1.54, 1.807) is 36.3 Å². The quantitative estimate of drug-likeness (QED) is 0.793. The third-order valence-corrected chi connectivity index (χ3v) is 3.84. The summed E-state index contributed by atoms with van der Waals surface area (Å²) < 4.78 is 5.07. The maximum Gasteiger partial charge on any atom is 0.222 e. The average Bonchev–Trinajstić information content (AvgIpc) is 2.63. The lowest BCUT2D eigenvalue weighted by atomic mass is 10.0. The highest BCUT2D eigenvalue weighted by Gasteiger charge is 2.22. The first-order valence-corrected chi connectivity index (χ1v) is 7.05. The zero-order valence-corrected chi connectivity index (χ0v) is 12.1. The number of hydrogen-bond acceptors (Lipinski definition) is 3. The second-order valence-corrected chi connectivity index (χ2v) is 5.40. The Balaban J connectivity index is 2.00. The van der Waals surface area contributed by atoms with Crippen molar-refractivity contribution in [2.24, 2.45) is 5.92 Å². The average molecular weight is 275 g/mol. The van der Waals surface area contributed by atoms with Crippen LogP contribution in [-0.2, 0) is 4.79 Å². The molecule has 0 aromatic heterocycles. The zero-order chi connectivity index (χ0) is 14.5. The van der Waals surface area contributed by atoms with Gasteiger partial charge < -0.3 is 9.64 Å². The maximum absolute atomic E-state index is 12.2. The number of rotatable bonds is 4. The van der Waals surface area contributed by atoms with Crippen LogP contribution in [0.3, 0.4) is 0 Å². The largest absolute Gasteiger partial charge is 0.497 e. The number of carbonyl (C=O) groups excluding carboxylic acids is 2. The Kier molecular flexibility index (Phi) is 4.77. The van der Waals surface area contributed by atoms with E-state index in [-0.39, 0.29) is 18.2 Å². The van der Waals surface area contributed by atoms with Gasteiger partial charge >= 0.3 is 0 Å². The molecular weight excluding hydrogens is 254 g/mol. The number of ether oxygens (including phenoxy) is 1. The summed E-state index contributed by atoms with van der Waals surface area (Å²) >= 11 is 0. The summed E-state index contributed by atoms with van der Waals surface area (Å²) in [6.45, 7) is 3.02. The van der Waals surface area contributed by atoms with Crippen molar-refractivity contribution in [3.8, 4) is 5.75 Å². The molecule has 0 radical (unpaired) electrons. The smallest absolute Gasteiger partial charge is 0.222 e. The van der Waals surface area contributed by atoms with E-state index in [4.69, 9.17) is 4.74 Å². The second kappa shape index (κ2) is 6.55. The predicted octanol–water partition coefficient (Wildman–Crippen LogP) is 2.53. The van der Waals surface area contributed by atoms with Gasteiger partial charge in [-0.05, 0) is 43.0 Å². The van der Waals surface area contributed by atoms with Gasteiger partial charge in [0.15, 0.2) is 5.78 Å². The van der Waals surface area contributed by atoms with Gasteiger partial charge in [-0.15, -0.1) is 0 Å². The molecule has 1 amide bonds. The Labute approximate surface area is 119 Å². The number of ketones is 1. The van der Waals surface area contributed by atoms with Gasteiger partial charge in [0.1, 0.15) is 5.75 Å². The van der Waals surface area contributed by atoms with E-state index in [2.05, 4.69) is 6.92 Å². The zero-order valence-electron chi connectivity index (χ0n) is 12.1. The van der Waals surface area contributed by atoms with Crippen molar-refractivity contribution in [3.05, 3.63) is 29.8 Å². The third-order valence-electron chi connectivity index (χ3n) is 3.84. The van der Waals surface area contributed by atoms with Crippen molar-refractivity contribution < 1.29 is 14.3 Å². The molecule has 1 saturated heterocycles. The van der Waals surface area contributed by atoms with Crippen LogP contribution >= 0.6 is 0 Å². The molecule has 1 aromatic rings. The van der Waals surface area contributed by atoms with E-state index in [1.165, 1.54) is 0 Å². The van der Waals surface area contributed by atoms with Crippen LogP contribution < -0.4 is 4.74 Å². The summed E-state index contributed by atoms with van der Waals surface area (Å²) in [6.07, 6.45) is 2.45. The highest BCUT2D eigenvalue weighted by Crippen LogP contribution is 2.18. The highest BCUT2D eigenvalue weighted by molar-refractivity contribution is 5.99. The lowest BCUT2D eigenvalue weighted by molar-refractivity contribution is -0.130. The fraction of sp³-hybridized carbons (Fsp3) is 0.500. The number of amides is 1. The van der Waals surface area contributed by atoms with Crippen molar-refractivity contribution in [1.82, 2.24) is 4.90 Å². The number of nitrogens with zero attached hydrogens (tertiary/aromatic N) is 1. The molecule has 1 fully saturated rings. The first-order valence-electron chi connectivity index (χ1n) is 7.05. The molecule has 1 aromatic carbocycles. The number of Topliss-reactive ketones (excluding diaryl/α,β-unsaturated/α-hetero) is 1. The number of methoxy groups -OCH3 is 1. The first-order chi connectivity index (χ1) is 9.60. The molecule has 1 aliphatic heterocycles. The molecule has 1 atom stereocenters. The summed E-state index contributed by atoms with van der Waals surface area (Å²) in [5.41, 5.74) is 0.621. The van der Waals surface area contributed by atoms with Gasteiger partial charge in [0.05, 0.1) is 13.7 Å². The van der Waals surface area contributed by atoms with Crippen molar-refractivity contribution in [1.29, 1.82) is 0 Å². The van der Waals surface area contributed by atoms with Gasteiger partial charge in [-0.2, -0.15) is 0 Å². The van der Waals surface area contributed by atoms with Crippen molar-refractivity contribution in [2.45, 2.75) is 26.2 Å². The normalized spacial score (nSPS) is 19.6. The van der Waals surface area contributed by atoms with Gasteiger partial charge in [0.2, 0.25) is 5.91 Å². The number of hydrogen-bond donors (Lipinski definition) is 0. The summed E-state index contributed by atoms with van der Waals surface area (Å²) in [6, 6.07) is 7.01. The van der Waals surface area contributed by atoms with Gasteiger partial charge in [0.25, 0.3) is 0 Å². The Morgan fingerprint density at radius 3 is 2.65 bits per heavy atom. The number of carbonyl (C=O) groups is 2. The van der Waals surface area contributed by atoms with Crippen LogP contribution in [0, 0.1) is 5.92 Å². The molecule has 1 heterocycles. The molecule has 1 aliphatic rings. The van der Waals surface area contributed by atoms with E-state index in [9.17, 15) is 9.59 Å². The van der Waals surface area contributed by atoms with Crippen molar-refractivity contribution in [3.63, 3.8) is 0 Å². The molecule has 0 spiro atoms. The lowest BCUT2D eigenvalue weighted by Gasteiger charge is -2.19. The van der Waals surface area contributed by atoms with E-state index in [0.717, 1.165) is 18.6 Å². The molecule has 108 valence electrons. The van der Waals surface area contributed by atoms with Crippen LogP contribution in [0.15, 0.2) is 24.3 Å². The minimum absolute atomic E-state index is 0.0180. The van der Waals surface area contributed by atoms with E-state index in [1.807, 2.05) is 0 Å². The summed E-state index contributed by atoms with van der Waals surface area (Å²) in [5.74, 6) is 1.35. The first kappa shape index (κ1) is 14.6. The topological polar surface area (TPSA) is 46.6 Å². The van der Waals surface area contributed by atoms with Gasteiger partial charge in [0, 0.05) is 18.5 Å².